The SMILES string of the molecule is CCOc1ccc(/C=N\n2c(-c3n[nH]c4c3CCC4)n[nH]c2=S)cc1OC. The van der Waals surface area contributed by atoms with Gasteiger partial charge in [0.25, 0.3) is 0 Å². The minimum absolute atomic E-state index is 0.411. The monoisotopic (exact) mass is 384 g/mol. The molecule has 2 aromatic heterocycles. The number of hydrogen-bond acceptors (Lipinski definition) is 6. The molecule has 0 saturated carbocycles. The van der Waals surface area contributed by atoms with Gasteiger partial charge in [-0.1, -0.05) is 0 Å². The highest BCUT2D eigenvalue weighted by Crippen LogP contribution is 2.30. The maximum absolute atomic E-state index is 5.54. The van der Waals surface area contributed by atoms with Crippen molar-refractivity contribution in [2.45, 2.75) is 26.2 Å². The molecule has 0 atom stereocenters. The number of aromatic amines is 2. The number of fused-ring (bicyclic) bond motifs is 1. The molecule has 0 spiro atoms. The lowest BCUT2D eigenvalue weighted by atomic mass is 10.2. The quantitative estimate of drug-likeness (QED) is 0.503. The van der Waals surface area contributed by atoms with Gasteiger partial charge in [-0.2, -0.15) is 20.0 Å². The Bertz CT molecular complexity index is 1050. The second kappa shape index (κ2) is 7.36. The van der Waals surface area contributed by atoms with E-state index in [1.54, 1.807) is 18.0 Å². The van der Waals surface area contributed by atoms with Crippen LogP contribution in [0.3, 0.4) is 0 Å². The molecule has 1 aromatic carbocycles. The van der Waals surface area contributed by atoms with Crippen molar-refractivity contribution in [1.82, 2.24) is 25.1 Å². The maximum Gasteiger partial charge on any atom is 0.216 e. The number of benzene rings is 1. The lowest BCUT2D eigenvalue weighted by molar-refractivity contribution is 0.311. The maximum atomic E-state index is 5.54. The van der Waals surface area contributed by atoms with Crippen LogP contribution < -0.4 is 9.47 Å². The lowest BCUT2D eigenvalue weighted by Crippen LogP contribution is -1.98. The van der Waals surface area contributed by atoms with Crippen molar-refractivity contribution in [1.29, 1.82) is 0 Å². The second-order valence-corrected chi connectivity index (χ2v) is 6.52. The van der Waals surface area contributed by atoms with Crippen molar-refractivity contribution >= 4 is 18.4 Å². The van der Waals surface area contributed by atoms with Crippen LogP contribution in [0.1, 0.15) is 30.2 Å². The smallest absolute Gasteiger partial charge is 0.216 e. The first-order valence-electron chi connectivity index (χ1n) is 8.80. The fourth-order valence-corrected chi connectivity index (χ4v) is 3.40. The number of nitrogens with one attached hydrogen (secondary N) is 2. The molecule has 3 aromatic rings. The summed E-state index contributed by atoms with van der Waals surface area (Å²) < 4.78 is 12.9. The molecular formula is C18H20N6O2S. The predicted molar refractivity (Wildman–Crippen MR) is 104 cm³/mol. The fraction of sp³-hybridized carbons (Fsp3) is 0.333. The molecule has 2 heterocycles. The van der Waals surface area contributed by atoms with Gasteiger partial charge in [-0.05, 0) is 62.2 Å². The second-order valence-electron chi connectivity index (χ2n) is 6.13. The molecule has 1 aliphatic rings. The Morgan fingerprint density at radius 2 is 2.15 bits per heavy atom. The third kappa shape index (κ3) is 3.25. The van der Waals surface area contributed by atoms with Crippen LogP contribution >= 0.6 is 12.2 Å². The zero-order valence-corrected chi connectivity index (χ0v) is 16.0. The van der Waals surface area contributed by atoms with E-state index in [1.807, 2.05) is 25.1 Å². The molecule has 0 unspecified atom stereocenters. The number of hydrogen-bond donors (Lipinski definition) is 2. The number of aryl methyl sites for hydroxylation is 1. The summed E-state index contributed by atoms with van der Waals surface area (Å²) in [5, 5.41) is 19.1. The third-order valence-corrected chi connectivity index (χ3v) is 4.74. The van der Waals surface area contributed by atoms with Crippen LogP contribution in [-0.2, 0) is 12.8 Å². The molecule has 1 aliphatic carbocycles. The molecule has 0 radical (unpaired) electrons. The van der Waals surface area contributed by atoms with Crippen LogP contribution in [0.15, 0.2) is 23.3 Å². The number of aromatic nitrogens is 5. The van der Waals surface area contributed by atoms with E-state index >= 15 is 0 Å². The van der Waals surface area contributed by atoms with Crippen molar-refractivity contribution < 1.29 is 9.47 Å². The van der Waals surface area contributed by atoms with Crippen LogP contribution in [-0.4, -0.2) is 45.0 Å². The molecular weight excluding hydrogens is 364 g/mol. The van der Waals surface area contributed by atoms with Gasteiger partial charge >= 0.3 is 0 Å². The van der Waals surface area contributed by atoms with Crippen molar-refractivity contribution in [2.24, 2.45) is 5.10 Å². The molecule has 0 bridgehead atoms. The van der Waals surface area contributed by atoms with Crippen LogP contribution in [0.5, 0.6) is 11.5 Å². The average molecular weight is 384 g/mol. The number of H-pyrrole nitrogens is 2. The molecule has 27 heavy (non-hydrogen) atoms. The summed E-state index contributed by atoms with van der Waals surface area (Å²) in [4.78, 5) is 0. The Morgan fingerprint density at radius 3 is 2.96 bits per heavy atom. The van der Waals surface area contributed by atoms with E-state index in [2.05, 4.69) is 25.5 Å². The van der Waals surface area contributed by atoms with Gasteiger partial charge in [0.1, 0.15) is 5.69 Å². The Balaban J connectivity index is 1.67. The standard InChI is InChI=1S/C18H20N6O2S/c1-3-26-14-8-7-11(9-15(14)25-2)10-19-24-17(22-23-18(24)27)16-12-5-4-6-13(12)20-21-16/h7-10H,3-6H2,1-2H3,(H,20,21)(H,23,27)/b19-10-. The molecule has 0 fully saturated rings. The van der Waals surface area contributed by atoms with Crippen LogP contribution in [0.25, 0.3) is 11.5 Å². The highest BCUT2D eigenvalue weighted by Gasteiger charge is 2.23. The van der Waals surface area contributed by atoms with Crippen molar-refractivity contribution in [3.8, 4) is 23.0 Å². The first-order chi connectivity index (χ1) is 13.2. The van der Waals surface area contributed by atoms with E-state index in [0.717, 1.165) is 30.5 Å². The number of ether oxygens (including phenoxy) is 2. The summed E-state index contributed by atoms with van der Waals surface area (Å²) in [5.41, 5.74) is 4.03. The molecule has 2 N–H and O–H groups in total. The zero-order valence-electron chi connectivity index (χ0n) is 15.2. The molecule has 0 saturated heterocycles. The van der Waals surface area contributed by atoms with Gasteiger partial charge in [-0.25, -0.2) is 5.10 Å². The summed E-state index contributed by atoms with van der Waals surface area (Å²) in [5.74, 6) is 1.96. The molecule has 0 aliphatic heterocycles. The highest BCUT2D eigenvalue weighted by atomic mass is 32.1. The van der Waals surface area contributed by atoms with Gasteiger partial charge in [0.05, 0.1) is 19.9 Å². The van der Waals surface area contributed by atoms with Crippen molar-refractivity contribution in [3.05, 3.63) is 39.8 Å². The molecule has 4 rings (SSSR count). The lowest BCUT2D eigenvalue weighted by Gasteiger charge is -2.09. The van der Waals surface area contributed by atoms with E-state index < -0.39 is 0 Å². The van der Waals surface area contributed by atoms with Gasteiger partial charge in [0, 0.05) is 11.3 Å². The number of methoxy groups -OCH3 is 1. The predicted octanol–water partition coefficient (Wildman–Crippen LogP) is 3.11. The summed E-state index contributed by atoms with van der Waals surface area (Å²) in [6.07, 6.45) is 4.83. The minimum atomic E-state index is 0.411. The van der Waals surface area contributed by atoms with Crippen LogP contribution in [0.2, 0.25) is 0 Å². The highest BCUT2D eigenvalue weighted by molar-refractivity contribution is 7.71. The summed E-state index contributed by atoms with van der Waals surface area (Å²) >= 11 is 5.34. The normalized spacial score (nSPS) is 13.3. The van der Waals surface area contributed by atoms with Crippen molar-refractivity contribution in [2.75, 3.05) is 13.7 Å². The van der Waals surface area contributed by atoms with Crippen LogP contribution in [0.4, 0.5) is 0 Å². The van der Waals surface area contributed by atoms with Crippen LogP contribution in [0, 0.1) is 4.77 Å². The number of nitrogens with zero attached hydrogens (tertiary/aromatic N) is 4. The average Bonchev–Trinajstić information content (AvgIpc) is 3.37. The Kier molecular flexibility index (Phi) is 4.76. The summed E-state index contributed by atoms with van der Waals surface area (Å²) in [7, 11) is 1.61. The van der Waals surface area contributed by atoms with Gasteiger partial charge in [-0.3, -0.25) is 5.10 Å². The van der Waals surface area contributed by atoms with Gasteiger partial charge in [0.15, 0.2) is 11.5 Å². The fourth-order valence-electron chi connectivity index (χ4n) is 3.22. The number of rotatable bonds is 6. The topological polar surface area (TPSA) is 93.1 Å². The Labute approximate surface area is 161 Å². The largest absolute Gasteiger partial charge is 0.493 e. The van der Waals surface area contributed by atoms with E-state index in [-0.39, 0.29) is 0 Å². The van der Waals surface area contributed by atoms with Gasteiger partial charge in [0.2, 0.25) is 10.6 Å². The first kappa shape index (κ1) is 17.5. The summed E-state index contributed by atoms with van der Waals surface area (Å²) in [6, 6.07) is 5.64. The van der Waals surface area contributed by atoms with E-state index in [9.17, 15) is 0 Å². The molecule has 8 nitrogen and oxygen atoms in total. The molecule has 0 amide bonds. The molecule has 140 valence electrons. The minimum Gasteiger partial charge on any atom is -0.493 e. The first-order valence-corrected chi connectivity index (χ1v) is 9.21. The van der Waals surface area contributed by atoms with E-state index in [4.69, 9.17) is 21.7 Å². The molecule has 9 heteroatoms. The summed E-state index contributed by atoms with van der Waals surface area (Å²) in [6.45, 7) is 2.51. The Morgan fingerprint density at radius 1 is 1.26 bits per heavy atom. The van der Waals surface area contributed by atoms with E-state index in [1.165, 1.54) is 11.3 Å². The Hall–Kier alpha value is -2.94. The third-order valence-electron chi connectivity index (χ3n) is 4.48. The van der Waals surface area contributed by atoms with Gasteiger partial charge in [-0.15, -0.1) is 0 Å². The van der Waals surface area contributed by atoms with Crippen molar-refractivity contribution in [3.63, 3.8) is 0 Å². The van der Waals surface area contributed by atoms with E-state index in [0.29, 0.717) is 28.7 Å². The zero-order chi connectivity index (χ0) is 18.8. The van der Waals surface area contributed by atoms with Gasteiger partial charge < -0.3 is 9.47 Å².